The number of nitrogens with one attached hydrogen (secondary N) is 2. The zero-order valence-corrected chi connectivity index (χ0v) is 10.5. The number of ether oxygens (including phenoxy) is 1. The van der Waals surface area contributed by atoms with E-state index in [0.717, 1.165) is 0 Å². The molecule has 0 fully saturated rings. The molecule has 0 saturated carbocycles. The summed E-state index contributed by atoms with van der Waals surface area (Å²) in [5.41, 5.74) is 0.395. The van der Waals surface area contributed by atoms with Gasteiger partial charge in [0.2, 0.25) is 10.0 Å². The van der Waals surface area contributed by atoms with Gasteiger partial charge in [-0.25, -0.2) is 13.2 Å². The van der Waals surface area contributed by atoms with Crippen LogP contribution in [0.3, 0.4) is 0 Å². The van der Waals surface area contributed by atoms with Gasteiger partial charge in [-0.1, -0.05) is 0 Å². The standard InChI is InChI=1S/C10H14N2O5S/c1-17-9-4-2-8(3-5-9)12-18(15,16)7-6-11-10(13)14/h2-5,11-12H,6-7H2,1H3,(H,13,14). The minimum absolute atomic E-state index is 0.166. The maximum atomic E-state index is 11.6. The zero-order valence-electron chi connectivity index (χ0n) is 9.71. The van der Waals surface area contributed by atoms with Crippen LogP contribution < -0.4 is 14.8 Å². The number of benzene rings is 1. The van der Waals surface area contributed by atoms with E-state index in [0.29, 0.717) is 11.4 Å². The highest BCUT2D eigenvalue weighted by Gasteiger charge is 2.10. The summed E-state index contributed by atoms with van der Waals surface area (Å²) < 4.78 is 30.4. The number of anilines is 1. The third kappa shape index (κ3) is 4.91. The molecule has 0 bridgehead atoms. The van der Waals surface area contributed by atoms with E-state index in [9.17, 15) is 13.2 Å². The van der Waals surface area contributed by atoms with E-state index in [4.69, 9.17) is 9.84 Å². The lowest BCUT2D eigenvalue weighted by molar-refractivity contribution is 0.195. The van der Waals surface area contributed by atoms with Gasteiger partial charge in [0.25, 0.3) is 0 Å². The Morgan fingerprint density at radius 2 is 1.94 bits per heavy atom. The molecule has 0 saturated heterocycles. The normalized spacial score (nSPS) is 10.7. The van der Waals surface area contributed by atoms with Crippen LogP contribution in [0.5, 0.6) is 5.75 Å². The first-order chi connectivity index (χ1) is 8.43. The maximum absolute atomic E-state index is 11.6. The van der Waals surface area contributed by atoms with E-state index in [1.807, 2.05) is 5.32 Å². The van der Waals surface area contributed by atoms with Crippen molar-refractivity contribution in [3.63, 3.8) is 0 Å². The van der Waals surface area contributed by atoms with E-state index in [1.54, 1.807) is 24.3 Å². The molecule has 1 amide bonds. The Morgan fingerprint density at radius 3 is 2.44 bits per heavy atom. The van der Waals surface area contributed by atoms with Gasteiger partial charge in [0.05, 0.1) is 12.9 Å². The summed E-state index contributed by atoms with van der Waals surface area (Å²) in [6.07, 6.45) is -1.25. The molecule has 1 aromatic carbocycles. The van der Waals surface area contributed by atoms with Gasteiger partial charge >= 0.3 is 6.09 Å². The second kappa shape index (κ2) is 6.10. The van der Waals surface area contributed by atoms with Crippen LogP contribution in [-0.4, -0.2) is 39.0 Å². The lowest BCUT2D eigenvalue weighted by Crippen LogP contribution is -2.29. The number of sulfonamides is 1. The van der Waals surface area contributed by atoms with Crippen molar-refractivity contribution >= 4 is 21.8 Å². The molecule has 0 unspecified atom stereocenters. The van der Waals surface area contributed by atoms with E-state index in [1.165, 1.54) is 7.11 Å². The molecule has 8 heteroatoms. The first-order valence-corrected chi connectivity index (χ1v) is 6.69. The topological polar surface area (TPSA) is 105 Å². The highest BCUT2D eigenvalue weighted by molar-refractivity contribution is 7.92. The fourth-order valence-electron chi connectivity index (χ4n) is 1.18. The SMILES string of the molecule is COc1ccc(NS(=O)(=O)CCNC(=O)O)cc1. The van der Waals surface area contributed by atoms with Crippen molar-refractivity contribution in [2.75, 3.05) is 24.1 Å². The molecule has 0 aliphatic rings. The van der Waals surface area contributed by atoms with Crippen molar-refractivity contribution in [1.29, 1.82) is 0 Å². The van der Waals surface area contributed by atoms with Crippen molar-refractivity contribution in [3.8, 4) is 5.75 Å². The Kier molecular flexibility index (Phi) is 4.78. The van der Waals surface area contributed by atoms with Crippen molar-refractivity contribution in [2.45, 2.75) is 0 Å². The summed E-state index contributed by atoms with van der Waals surface area (Å²) in [5, 5.41) is 10.3. The van der Waals surface area contributed by atoms with Gasteiger partial charge in [-0.2, -0.15) is 0 Å². The quantitative estimate of drug-likeness (QED) is 0.708. The molecule has 0 aliphatic heterocycles. The van der Waals surface area contributed by atoms with Crippen LogP contribution in [0.4, 0.5) is 10.5 Å². The number of carboxylic acid groups (broad SMARTS) is 1. The van der Waals surface area contributed by atoms with E-state index < -0.39 is 16.1 Å². The number of methoxy groups -OCH3 is 1. The molecule has 3 N–H and O–H groups in total. The number of hydrogen-bond donors (Lipinski definition) is 3. The molecule has 1 rings (SSSR count). The van der Waals surface area contributed by atoms with Crippen molar-refractivity contribution in [2.24, 2.45) is 0 Å². The molecule has 0 radical (unpaired) electrons. The summed E-state index contributed by atoms with van der Waals surface area (Å²) in [6, 6.07) is 6.35. The average Bonchev–Trinajstić information content (AvgIpc) is 2.28. The van der Waals surface area contributed by atoms with Crippen LogP contribution in [0.25, 0.3) is 0 Å². The van der Waals surface area contributed by atoms with Crippen molar-refractivity contribution in [1.82, 2.24) is 5.32 Å². The van der Waals surface area contributed by atoms with Crippen LogP contribution >= 0.6 is 0 Å². The minimum Gasteiger partial charge on any atom is -0.497 e. The highest BCUT2D eigenvalue weighted by Crippen LogP contribution is 2.15. The summed E-state index contributed by atoms with van der Waals surface area (Å²) in [4.78, 5) is 10.2. The first-order valence-electron chi connectivity index (χ1n) is 5.04. The number of amides is 1. The highest BCUT2D eigenvalue weighted by atomic mass is 32.2. The number of hydrogen-bond acceptors (Lipinski definition) is 4. The molecule has 0 heterocycles. The molecule has 18 heavy (non-hydrogen) atoms. The lowest BCUT2D eigenvalue weighted by Gasteiger charge is -2.08. The van der Waals surface area contributed by atoms with Gasteiger partial charge in [0.15, 0.2) is 0 Å². The van der Waals surface area contributed by atoms with Crippen molar-refractivity contribution in [3.05, 3.63) is 24.3 Å². The minimum atomic E-state index is -3.57. The van der Waals surface area contributed by atoms with Crippen LogP contribution in [0.1, 0.15) is 0 Å². The third-order valence-corrected chi connectivity index (χ3v) is 3.30. The second-order valence-corrected chi connectivity index (χ2v) is 5.22. The summed E-state index contributed by atoms with van der Waals surface area (Å²) in [7, 11) is -2.06. The van der Waals surface area contributed by atoms with E-state index in [-0.39, 0.29) is 12.3 Å². The van der Waals surface area contributed by atoms with Gasteiger partial charge < -0.3 is 15.2 Å². The largest absolute Gasteiger partial charge is 0.497 e. The molecular formula is C10H14N2O5S. The smallest absolute Gasteiger partial charge is 0.404 e. The molecule has 0 aliphatic carbocycles. The molecule has 0 atom stereocenters. The molecule has 0 aromatic heterocycles. The van der Waals surface area contributed by atoms with Gasteiger partial charge in [-0.05, 0) is 24.3 Å². The van der Waals surface area contributed by atoms with E-state index >= 15 is 0 Å². The fourth-order valence-corrected chi connectivity index (χ4v) is 2.15. The Hall–Kier alpha value is -1.96. The van der Waals surface area contributed by atoms with Crippen LogP contribution in [0.15, 0.2) is 24.3 Å². The molecule has 7 nitrogen and oxygen atoms in total. The number of rotatable bonds is 6. The van der Waals surface area contributed by atoms with Crippen LogP contribution in [0.2, 0.25) is 0 Å². The average molecular weight is 274 g/mol. The van der Waals surface area contributed by atoms with Crippen molar-refractivity contribution < 1.29 is 23.1 Å². The van der Waals surface area contributed by atoms with Crippen LogP contribution in [-0.2, 0) is 10.0 Å². The Morgan fingerprint density at radius 1 is 1.33 bits per heavy atom. The molecule has 0 spiro atoms. The van der Waals surface area contributed by atoms with Crippen LogP contribution in [0, 0.1) is 0 Å². The zero-order chi connectivity index (χ0) is 13.6. The molecule has 100 valence electrons. The molecule has 1 aromatic rings. The summed E-state index contributed by atoms with van der Waals surface area (Å²) in [6.45, 7) is -0.166. The molecular weight excluding hydrogens is 260 g/mol. The predicted octanol–water partition coefficient (Wildman–Crippen LogP) is 0.704. The Balaban J connectivity index is 2.56. The second-order valence-electron chi connectivity index (χ2n) is 3.38. The van der Waals surface area contributed by atoms with Gasteiger partial charge in [0.1, 0.15) is 5.75 Å². The Bertz CT molecular complexity index is 498. The van der Waals surface area contributed by atoms with Gasteiger partial charge in [0, 0.05) is 12.2 Å². The maximum Gasteiger partial charge on any atom is 0.404 e. The fraction of sp³-hybridized carbons (Fsp3) is 0.300. The predicted molar refractivity (Wildman–Crippen MR) is 66.4 cm³/mol. The summed E-state index contributed by atoms with van der Waals surface area (Å²) in [5.74, 6) is 0.288. The monoisotopic (exact) mass is 274 g/mol. The van der Waals surface area contributed by atoms with Gasteiger partial charge in [-0.15, -0.1) is 0 Å². The third-order valence-electron chi connectivity index (χ3n) is 2.01. The first kappa shape index (κ1) is 14.1. The Labute approximate surface area is 105 Å². The summed E-state index contributed by atoms with van der Waals surface area (Å²) >= 11 is 0. The number of carbonyl (C=O) groups is 1. The van der Waals surface area contributed by atoms with Gasteiger partial charge in [-0.3, -0.25) is 4.72 Å². The lowest BCUT2D eigenvalue weighted by atomic mass is 10.3. The van der Waals surface area contributed by atoms with E-state index in [2.05, 4.69) is 4.72 Å².